The Morgan fingerprint density at radius 2 is 1.84 bits per heavy atom. The van der Waals surface area contributed by atoms with Gasteiger partial charge in [-0.05, 0) is 49.4 Å². The Labute approximate surface area is 180 Å². The maximum atomic E-state index is 12.5. The van der Waals surface area contributed by atoms with E-state index in [4.69, 9.17) is 0 Å². The van der Waals surface area contributed by atoms with E-state index >= 15 is 0 Å². The molecule has 0 aliphatic carbocycles. The summed E-state index contributed by atoms with van der Waals surface area (Å²) in [5.74, 6) is -0.598. The van der Waals surface area contributed by atoms with Gasteiger partial charge in [-0.15, -0.1) is 0 Å². The van der Waals surface area contributed by atoms with Crippen molar-refractivity contribution in [3.05, 3.63) is 64.7 Å². The summed E-state index contributed by atoms with van der Waals surface area (Å²) in [6.07, 6.45) is 1.57. The average Bonchev–Trinajstić information content (AvgIpc) is 3.21. The molecule has 1 aromatic heterocycles. The number of aliphatic imine (C=N–C) groups is 1. The molecule has 3 amide bonds. The van der Waals surface area contributed by atoms with Gasteiger partial charge in [-0.3, -0.25) is 10.1 Å². The zero-order chi connectivity index (χ0) is 22.1. The molecule has 2 aliphatic rings. The van der Waals surface area contributed by atoms with Crippen molar-refractivity contribution in [2.75, 3.05) is 0 Å². The predicted octanol–water partition coefficient (Wildman–Crippen LogP) is 4.39. The summed E-state index contributed by atoms with van der Waals surface area (Å²) in [6, 6.07) is 13.9. The summed E-state index contributed by atoms with van der Waals surface area (Å²) in [6.45, 7) is 8.51. The van der Waals surface area contributed by atoms with E-state index in [0.29, 0.717) is 5.56 Å². The second kappa shape index (κ2) is 6.30. The van der Waals surface area contributed by atoms with Crippen molar-refractivity contribution in [3.63, 3.8) is 0 Å². The third kappa shape index (κ3) is 2.60. The fourth-order valence-electron chi connectivity index (χ4n) is 5.52. The first-order valence-corrected chi connectivity index (χ1v) is 10.6. The highest BCUT2D eigenvalue weighted by Crippen LogP contribution is 2.53. The van der Waals surface area contributed by atoms with Crippen LogP contribution in [0.25, 0.3) is 10.9 Å². The standard InChI is InChI=1S/C25H25N3O3/c1-5-14-11-16-18(19-21(29)27-23(31)26-19)22(30)28-20(16)17(12-14)25(4,13-24(28,2)3)15-9-7-6-8-10-15/h6-12,30H,5,13H2,1-4H3,(H,27,29,31). The first-order valence-electron chi connectivity index (χ1n) is 10.6. The molecule has 6 heteroatoms. The van der Waals surface area contributed by atoms with Crippen LogP contribution in [0, 0.1) is 0 Å². The van der Waals surface area contributed by atoms with Gasteiger partial charge in [0.1, 0.15) is 5.71 Å². The second-order valence-electron chi connectivity index (χ2n) is 9.33. The highest BCUT2D eigenvalue weighted by molar-refractivity contribution is 6.53. The highest BCUT2D eigenvalue weighted by atomic mass is 16.3. The first-order chi connectivity index (χ1) is 14.7. The number of imide groups is 1. The normalized spacial score (nSPS) is 22.0. The van der Waals surface area contributed by atoms with E-state index in [9.17, 15) is 14.7 Å². The number of amides is 3. The zero-order valence-electron chi connectivity index (χ0n) is 18.1. The molecule has 158 valence electrons. The monoisotopic (exact) mass is 415 g/mol. The van der Waals surface area contributed by atoms with Crippen LogP contribution >= 0.6 is 0 Å². The number of aromatic hydroxyl groups is 1. The van der Waals surface area contributed by atoms with Gasteiger partial charge in [-0.25, -0.2) is 4.79 Å². The average molecular weight is 415 g/mol. The van der Waals surface area contributed by atoms with Gasteiger partial charge >= 0.3 is 6.03 Å². The van der Waals surface area contributed by atoms with Gasteiger partial charge in [0.2, 0.25) is 5.88 Å². The number of aryl methyl sites for hydroxylation is 1. The van der Waals surface area contributed by atoms with Crippen molar-refractivity contribution >= 4 is 28.6 Å². The van der Waals surface area contributed by atoms with E-state index in [2.05, 4.69) is 56.2 Å². The van der Waals surface area contributed by atoms with Crippen LogP contribution in [0.2, 0.25) is 0 Å². The molecule has 0 radical (unpaired) electrons. The lowest BCUT2D eigenvalue weighted by molar-refractivity contribution is -0.113. The molecule has 31 heavy (non-hydrogen) atoms. The zero-order valence-corrected chi connectivity index (χ0v) is 18.1. The molecular formula is C25H25N3O3. The van der Waals surface area contributed by atoms with Crippen LogP contribution in [0.15, 0.2) is 47.5 Å². The highest BCUT2D eigenvalue weighted by Gasteiger charge is 2.46. The van der Waals surface area contributed by atoms with Crippen LogP contribution < -0.4 is 5.32 Å². The molecule has 2 aliphatic heterocycles. The van der Waals surface area contributed by atoms with Crippen molar-refractivity contribution in [2.45, 2.75) is 51.5 Å². The molecule has 3 aromatic rings. The molecule has 2 N–H and O–H groups in total. The quantitative estimate of drug-likeness (QED) is 0.665. The minimum absolute atomic E-state index is 0.0202. The number of carbonyl (C=O) groups is 2. The molecule has 6 nitrogen and oxygen atoms in total. The number of nitrogens with one attached hydrogen (secondary N) is 1. The summed E-state index contributed by atoms with van der Waals surface area (Å²) in [5, 5.41) is 14.3. The van der Waals surface area contributed by atoms with Gasteiger partial charge in [0.25, 0.3) is 5.91 Å². The smallest absolute Gasteiger partial charge is 0.348 e. The van der Waals surface area contributed by atoms with Gasteiger partial charge < -0.3 is 9.67 Å². The van der Waals surface area contributed by atoms with E-state index < -0.39 is 17.5 Å². The van der Waals surface area contributed by atoms with Crippen LogP contribution in [0.5, 0.6) is 5.88 Å². The van der Waals surface area contributed by atoms with Gasteiger partial charge in [0, 0.05) is 16.3 Å². The molecule has 3 heterocycles. The summed E-state index contributed by atoms with van der Waals surface area (Å²) >= 11 is 0. The largest absolute Gasteiger partial charge is 0.494 e. The topological polar surface area (TPSA) is 83.7 Å². The number of carbonyl (C=O) groups excluding carboxylic acids is 2. The predicted molar refractivity (Wildman–Crippen MR) is 120 cm³/mol. The maximum absolute atomic E-state index is 12.5. The fraction of sp³-hybridized carbons (Fsp3) is 0.320. The lowest BCUT2D eigenvalue weighted by atomic mass is 9.66. The summed E-state index contributed by atoms with van der Waals surface area (Å²) in [5.41, 5.74) is 3.89. The van der Waals surface area contributed by atoms with Crippen LogP contribution in [0.1, 0.15) is 56.4 Å². The summed E-state index contributed by atoms with van der Waals surface area (Å²) < 4.78 is 1.91. The number of benzene rings is 2. The van der Waals surface area contributed by atoms with E-state index in [1.54, 1.807) is 0 Å². The Morgan fingerprint density at radius 3 is 2.45 bits per heavy atom. The Hall–Kier alpha value is -3.41. The number of rotatable bonds is 3. The van der Waals surface area contributed by atoms with Gasteiger partial charge in [0.15, 0.2) is 0 Å². The number of hydrogen-bond donors (Lipinski definition) is 2. The number of urea groups is 1. The number of nitrogens with zero attached hydrogens (tertiary/aromatic N) is 2. The van der Waals surface area contributed by atoms with Crippen molar-refractivity contribution < 1.29 is 14.7 Å². The number of hydrogen-bond acceptors (Lipinski definition) is 3. The minimum atomic E-state index is -0.699. The van der Waals surface area contributed by atoms with E-state index in [-0.39, 0.29) is 17.0 Å². The van der Waals surface area contributed by atoms with Crippen LogP contribution in [-0.2, 0) is 22.2 Å². The number of aromatic nitrogens is 1. The van der Waals surface area contributed by atoms with Gasteiger partial charge in [-0.1, -0.05) is 50.2 Å². The fourth-order valence-corrected chi connectivity index (χ4v) is 5.52. The van der Waals surface area contributed by atoms with Crippen molar-refractivity contribution in [1.29, 1.82) is 0 Å². The summed E-state index contributed by atoms with van der Waals surface area (Å²) in [7, 11) is 0. The molecular weight excluding hydrogens is 390 g/mol. The van der Waals surface area contributed by atoms with Crippen molar-refractivity contribution in [2.24, 2.45) is 4.99 Å². The van der Waals surface area contributed by atoms with Crippen molar-refractivity contribution in [1.82, 2.24) is 9.88 Å². The molecule has 0 bridgehead atoms. The molecule has 0 saturated heterocycles. The van der Waals surface area contributed by atoms with E-state index in [1.165, 1.54) is 5.56 Å². The summed E-state index contributed by atoms with van der Waals surface area (Å²) in [4.78, 5) is 28.1. The van der Waals surface area contributed by atoms with Crippen LogP contribution in [0.4, 0.5) is 4.79 Å². The Bertz CT molecular complexity index is 1300. The minimum Gasteiger partial charge on any atom is -0.494 e. The molecule has 0 spiro atoms. The lowest BCUT2D eigenvalue weighted by Gasteiger charge is -2.45. The third-order valence-corrected chi connectivity index (χ3v) is 6.79. The molecule has 0 saturated carbocycles. The van der Waals surface area contributed by atoms with E-state index in [1.807, 2.05) is 28.8 Å². The van der Waals surface area contributed by atoms with Crippen LogP contribution in [-0.4, -0.2) is 27.3 Å². The molecule has 1 unspecified atom stereocenters. The lowest BCUT2D eigenvalue weighted by Crippen LogP contribution is -2.41. The Morgan fingerprint density at radius 1 is 1.13 bits per heavy atom. The Kier molecular flexibility index (Phi) is 3.97. The molecule has 5 rings (SSSR count). The SMILES string of the molecule is CCc1cc2c3c(c1)c(C1=NC(=O)NC1=O)c(O)n3C(C)(C)CC2(C)c1ccccc1. The Balaban J connectivity index is 1.94. The van der Waals surface area contributed by atoms with Crippen LogP contribution in [0.3, 0.4) is 0 Å². The second-order valence-corrected chi connectivity index (χ2v) is 9.33. The van der Waals surface area contributed by atoms with Crippen molar-refractivity contribution in [3.8, 4) is 5.88 Å². The molecule has 1 atom stereocenters. The molecule has 0 fully saturated rings. The maximum Gasteiger partial charge on any atom is 0.348 e. The van der Waals surface area contributed by atoms with E-state index in [0.717, 1.165) is 34.9 Å². The van der Waals surface area contributed by atoms with Gasteiger partial charge in [0.05, 0.1) is 11.1 Å². The first kappa shape index (κ1) is 19.5. The van der Waals surface area contributed by atoms with Gasteiger partial charge in [-0.2, -0.15) is 4.99 Å². The third-order valence-electron chi connectivity index (χ3n) is 6.79. The molecule has 2 aromatic carbocycles.